The van der Waals surface area contributed by atoms with Gasteiger partial charge in [-0.05, 0) is 30.3 Å². The summed E-state index contributed by atoms with van der Waals surface area (Å²) >= 11 is 1.41. The fraction of sp³-hybridized carbons (Fsp3) is 0. The minimum absolute atomic E-state index is 0.525. The minimum Gasteiger partial charge on any atom is -0.457 e. The maximum atomic E-state index is 12.9. The van der Waals surface area contributed by atoms with Gasteiger partial charge < -0.3 is 10.5 Å². The number of aromatic nitrogens is 3. The number of anilines is 1. The molecule has 4 rings (SSSR count). The van der Waals surface area contributed by atoms with E-state index in [-0.39, 0.29) is 0 Å². The summed E-state index contributed by atoms with van der Waals surface area (Å²) in [5.41, 5.74) is 7.93. The van der Waals surface area contributed by atoms with Crippen LogP contribution in [0.2, 0.25) is 0 Å². The maximum absolute atomic E-state index is 12.9. The quantitative estimate of drug-likeness (QED) is 0.565. The molecule has 0 bridgehead atoms. The second-order valence-corrected chi connectivity index (χ2v) is 6.09. The number of pyridine rings is 2. The number of fused-ring (bicyclic) bond motifs is 1. The number of thiazole rings is 1. The highest BCUT2D eigenvalue weighted by atomic mass is 32.1. The lowest BCUT2D eigenvalue weighted by Crippen LogP contribution is -1.89. The van der Waals surface area contributed by atoms with Gasteiger partial charge in [0.15, 0.2) is 5.13 Å². The van der Waals surface area contributed by atoms with Gasteiger partial charge in [0.1, 0.15) is 11.5 Å². The lowest BCUT2D eigenvalue weighted by atomic mass is 10.2. The van der Waals surface area contributed by atoms with Crippen molar-refractivity contribution in [1.29, 1.82) is 0 Å². The molecular weight excluding hydrogens is 327 g/mol. The Hall–Kier alpha value is -3.06. The SMILES string of the molecule is Nc1nc2ccc(Oc3ccnc(-c4ccc(F)nc4)c3)cc2s1. The zero-order chi connectivity index (χ0) is 16.5. The Kier molecular flexibility index (Phi) is 3.55. The molecule has 0 unspecified atom stereocenters. The van der Waals surface area contributed by atoms with Crippen LogP contribution in [0.5, 0.6) is 11.5 Å². The monoisotopic (exact) mass is 338 g/mol. The third kappa shape index (κ3) is 2.89. The van der Waals surface area contributed by atoms with Crippen LogP contribution in [-0.4, -0.2) is 15.0 Å². The molecule has 0 fully saturated rings. The predicted molar refractivity (Wildman–Crippen MR) is 91.5 cm³/mol. The molecule has 0 saturated heterocycles. The number of nitrogens with zero attached hydrogens (tertiary/aromatic N) is 3. The van der Waals surface area contributed by atoms with Crippen LogP contribution in [0.15, 0.2) is 54.9 Å². The molecule has 1 aromatic carbocycles. The second-order valence-electron chi connectivity index (χ2n) is 5.03. The lowest BCUT2D eigenvalue weighted by Gasteiger charge is -2.07. The van der Waals surface area contributed by atoms with Crippen molar-refractivity contribution in [2.75, 3.05) is 5.73 Å². The minimum atomic E-state index is -0.525. The third-order valence-corrected chi connectivity index (χ3v) is 4.21. The second kappa shape index (κ2) is 5.86. The summed E-state index contributed by atoms with van der Waals surface area (Å²) in [6, 6.07) is 12.0. The molecule has 118 valence electrons. The van der Waals surface area contributed by atoms with E-state index in [4.69, 9.17) is 10.5 Å². The molecule has 24 heavy (non-hydrogen) atoms. The van der Waals surface area contributed by atoms with Crippen LogP contribution in [-0.2, 0) is 0 Å². The Bertz CT molecular complexity index is 1020. The number of hydrogen-bond donors (Lipinski definition) is 1. The first-order valence-corrected chi connectivity index (χ1v) is 7.91. The van der Waals surface area contributed by atoms with Gasteiger partial charge in [-0.1, -0.05) is 11.3 Å². The van der Waals surface area contributed by atoms with Crippen LogP contribution < -0.4 is 10.5 Å². The molecule has 0 aliphatic rings. The van der Waals surface area contributed by atoms with Crippen molar-refractivity contribution >= 4 is 26.7 Å². The standard InChI is InChI=1S/C17H11FN4OS/c18-16-4-1-10(9-21-16)14-7-12(5-6-20-14)23-11-2-3-13-15(8-11)24-17(19)22-13/h1-9H,(H2,19,22). The van der Waals surface area contributed by atoms with Crippen molar-refractivity contribution in [1.82, 2.24) is 15.0 Å². The Labute approximate surface area is 140 Å². The largest absolute Gasteiger partial charge is 0.457 e. The Morgan fingerprint density at radius 1 is 1.00 bits per heavy atom. The smallest absolute Gasteiger partial charge is 0.212 e. The highest BCUT2D eigenvalue weighted by molar-refractivity contribution is 7.22. The molecule has 0 radical (unpaired) electrons. The summed E-state index contributed by atoms with van der Waals surface area (Å²) in [6.07, 6.45) is 3.07. The van der Waals surface area contributed by atoms with Crippen LogP contribution in [0.25, 0.3) is 21.5 Å². The molecule has 0 aliphatic carbocycles. The number of hydrogen-bond acceptors (Lipinski definition) is 6. The van der Waals surface area contributed by atoms with Crippen molar-refractivity contribution in [2.24, 2.45) is 0 Å². The molecule has 5 nitrogen and oxygen atoms in total. The van der Waals surface area contributed by atoms with Crippen LogP contribution in [0.3, 0.4) is 0 Å². The highest BCUT2D eigenvalue weighted by Gasteiger charge is 2.06. The van der Waals surface area contributed by atoms with E-state index in [1.54, 1.807) is 24.4 Å². The molecule has 4 aromatic rings. The van der Waals surface area contributed by atoms with E-state index in [2.05, 4.69) is 15.0 Å². The van der Waals surface area contributed by atoms with Gasteiger partial charge in [0, 0.05) is 30.1 Å². The number of benzene rings is 1. The van der Waals surface area contributed by atoms with Crippen LogP contribution in [0, 0.1) is 5.95 Å². The first-order valence-electron chi connectivity index (χ1n) is 7.09. The number of ether oxygens (including phenoxy) is 1. The van der Waals surface area contributed by atoms with Crippen molar-refractivity contribution in [3.8, 4) is 22.8 Å². The van der Waals surface area contributed by atoms with Crippen molar-refractivity contribution in [3.63, 3.8) is 0 Å². The molecule has 0 spiro atoms. The van der Waals surface area contributed by atoms with Gasteiger partial charge in [-0.3, -0.25) is 4.98 Å². The van der Waals surface area contributed by atoms with Gasteiger partial charge >= 0.3 is 0 Å². The molecule has 0 atom stereocenters. The van der Waals surface area contributed by atoms with Crippen molar-refractivity contribution in [3.05, 3.63) is 60.8 Å². The Balaban J connectivity index is 1.63. The van der Waals surface area contributed by atoms with E-state index in [9.17, 15) is 4.39 Å². The number of nitrogens with two attached hydrogens (primary N) is 1. The van der Waals surface area contributed by atoms with Gasteiger partial charge in [-0.15, -0.1) is 0 Å². The van der Waals surface area contributed by atoms with Gasteiger partial charge in [0.25, 0.3) is 0 Å². The molecule has 2 N–H and O–H groups in total. The molecular formula is C17H11FN4OS. The number of halogens is 1. The zero-order valence-electron chi connectivity index (χ0n) is 12.3. The van der Waals surface area contributed by atoms with Crippen LogP contribution in [0.1, 0.15) is 0 Å². The summed E-state index contributed by atoms with van der Waals surface area (Å²) in [6.45, 7) is 0. The summed E-state index contributed by atoms with van der Waals surface area (Å²) in [4.78, 5) is 12.1. The molecule has 0 aliphatic heterocycles. The van der Waals surface area contributed by atoms with E-state index in [0.717, 1.165) is 10.2 Å². The number of rotatable bonds is 3. The van der Waals surface area contributed by atoms with Crippen LogP contribution in [0.4, 0.5) is 9.52 Å². The summed E-state index contributed by atoms with van der Waals surface area (Å²) in [5, 5.41) is 0.525. The van der Waals surface area contributed by atoms with Gasteiger partial charge in [0.05, 0.1) is 15.9 Å². The molecule has 0 amide bonds. The molecule has 0 saturated carbocycles. The first-order chi connectivity index (χ1) is 11.7. The lowest BCUT2D eigenvalue weighted by molar-refractivity contribution is 0.483. The first kappa shape index (κ1) is 14.5. The molecule has 7 heteroatoms. The average Bonchev–Trinajstić information content (AvgIpc) is 2.95. The predicted octanol–water partition coefficient (Wildman–Crippen LogP) is 4.27. The highest BCUT2D eigenvalue weighted by Crippen LogP contribution is 2.31. The van der Waals surface area contributed by atoms with Crippen molar-refractivity contribution in [2.45, 2.75) is 0 Å². The van der Waals surface area contributed by atoms with E-state index < -0.39 is 5.95 Å². The zero-order valence-corrected chi connectivity index (χ0v) is 13.1. The molecule has 3 heterocycles. The van der Waals surface area contributed by atoms with Gasteiger partial charge in [-0.2, -0.15) is 4.39 Å². The Morgan fingerprint density at radius 3 is 2.71 bits per heavy atom. The van der Waals surface area contributed by atoms with E-state index in [1.807, 2.05) is 18.2 Å². The third-order valence-electron chi connectivity index (χ3n) is 3.37. The van der Waals surface area contributed by atoms with Gasteiger partial charge in [-0.25, -0.2) is 9.97 Å². The fourth-order valence-corrected chi connectivity index (χ4v) is 3.04. The average molecular weight is 338 g/mol. The fourth-order valence-electron chi connectivity index (χ4n) is 2.28. The topological polar surface area (TPSA) is 73.9 Å². The van der Waals surface area contributed by atoms with E-state index in [1.165, 1.54) is 23.6 Å². The normalized spacial score (nSPS) is 10.9. The van der Waals surface area contributed by atoms with Crippen LogP contribution >= 0.6 is 11.3 Å². The summed E-state index contributed by atoms with van der Waals surface area (Å²) in [7, 11) is 0. The molecule has 3 aromatic heterocycles. The van der Waals surface area contributed by atoms with Crippen molar-refractivity contribution < 1.29 is 9.13 Å². The summed E-state index contributed by atoms with van der Waals surface area (Å²) < 4.78 is 19.8. The summed E-state index contributed by atoms with van der Waals surface area (Å²) in [5.74, 6) is 0.782. The van der Waals surface area contributed by atoms with E-state index in [0.29, 0.717) is 27.9 Å². The number of nitrogen functional groups attached to an aromatic ring is 1. The van der Waals surface area contributed by atoms with Gasteiger partial charge in [0.2, 0.25) is 5.95 Å². The van der Waals surface area contributed by atoms with E-state index >= 15 is 0 Å². The Morgan fingerprint density at radius 2 is 1.88 bits per heavy atom. The maximum Gasteiger partial charge on any atom is 0.212 e.